The molecule has 0 amide bonds. The van der Waals surface area contributed by atoms with E-state index in [2.05, 4.69) is 0 Å². The van der Waals surface area contributed by atoms with Gasteiger partial charge in [-0.25, -0.2) is 9.59 Å². The zero-order chi connectivity index (χ0) is 20.1. The van der Waals surface area contributed by atoms with Gasteiger partial charge in [0.2, 0.25) is 0 Å². The molecular formula is C20H19N3O4. The van der Waals surface area contributed by atoms with Gasteiger partial charge in [-0.15, -0.1) is 0 Å². The van der Waals surface area contributed by atoms with E-state index in [1.54, 1.807) is 31.2 Å². The van der Waals surface area contributed by atoms with Gasteiger partial charge in [0.05, 0.1) is 35.8 Å². The van der Waals surface area contributed by atoms with Crippen LogP contribution in [0.25, 0.3) is 0 Å². The molecule has 1 aliphatic heterocycles. The van der Waals surface area contributed by atoms with E-state index >= 15 is 0 Å². The van der Waals surface area contributed by atoms with Crippen LogP contribution >= 0.6 is 0 Å². The SMILES string of the molecule is CCCN1C(C)=C(C(=O)O)C(c2ccccc2C#N)C(C(=O)OC)=C1C#N. The Bertz CT molecular complexity index is 931. The number of aliphatic carboxylic acids is 1. The lowest BCUT2D eigenvalue weighted by atomic mass is 9.78. The number of nitrogens with zero attached hydrogens (tertiary/aromatic N) is 3. The van der Waals surface area contributed by atoms with E-state index in [1.807, 2.05) is 19.1 Å². The first-order chi connectivity index (χ1) is 12.9. The maximum atomic E-state index is 12.6. The second kappa shape index (κ2) is 8.20. The molecule has 1 aromatic carbocycles. The minimum atomic E-state index is -1.22. The molecule has 0 aromatic heterocycles. The molecule has 1 atom stereocenters. The van der Waals surface area contributed by atoms with Gasteiger partial charge in [-0.2, -0.15) is 10.5 Å². The fraction of sp³-hybridized carbons (Fsp3) is 0.300. The lowest BCUT2D eigenvalue weighted by molar-refractivity contribution is -0.136. The van der Waals surface area contributed by atoms with Gasteiger partial charge in [-0.05, 0) is 25.0 Å². The first-order valence-electron chi connectivity index (χ1n) is 8.36. The number of carbonyl (C=O) groups excluding carboxylic acids is 1. The van der Waals surface area contributed by atoms with Crippen LogP contribution in [-0.4, -0.2) is 35.6 Å². The summed E-state index contributed by atoms with van der Waals surface area (Å²) in [4.78, 5) is 26.2. The predicted octanol–water partition coefficient (Wildman–Crippen LogP) is 2.68. The average molecular weight is 365 g/mol. The van der Waals surface area contributed by atoms with Crippen LogP contribution in [0.1, 0.15) is 37.3 Å². The van der Waals surface area contributed by atoms with Crippen molar-refractivity contribution in [3.05, 3.63) is 57.9 Å². The summed E-state index contributed by atoms with van der Waals surface area (Å²) in [6.45, 7) is 3.86. The zero-order valence-corrected chi connectivity index (χ0v) is 15.3. The molecule has 1 heterocycles. The molecule has 0 fully saturated rings. The van der Waals surface area contributed by atoms with Gasteiger partial charge in [-0.3, -0.25) is 0 Å². The first-order valence-corrected chi connectivity index (χ1v) is 8.36. The number of carboxylic acids is 1. The molecule has 2 rings (SSSR count). The normalized spacial score (nSPS) is 16.6. The molecule has 0 spiro atoms. The highest BCUT2D eigenvalue weighted by Crippen LogP contribution is 2.43. The molecule has 1 aliphatic rings. The molecule has 1 N–H and O–H groups in total. The molecule has 27 heavy (non-hydrogen) atoms. The quantitative estimate of drug-likeness (QED) is 0.798. The Morgan fingerprint density at radius 1 is 1.22 bits per heavy atom. The second-order valence-corrected chi connectivity index (χ2v) is 5.95. The highest BCUT2D eigenvalue weighted by Gasteiger charge is 2.41. The smallest absolute Gasteiger partial charge is 0.337 e. The number of benzene rings is 1. The summed E-state index contributed by atoms with van der Waals surface area (Å²) in [7, 11) is 1.17. The number of methoxy groups -OCH3 is 1. The van der Waals surface area contributed by atoms with Crippen molar-refractivity contribution in [3.63, 3.8) is 0 Å². The Kier molecular flexibility index (Phi) is 5.99. The summed E-state index contributed by atoms with van der Waals surface area (Å²) in [6, 6.07) is 10.5. The number of hydrogen-bond donors (Lipinski definition) is 1. The molecule has 7 nitrogen and oxygen atoms in total. The molecule has 0 radical (unpaired) electrons. The molecule has 0 bridgehead atoms. The van der Waals surface area contributed by atoms with E-state index in [-0.39, 0.29) is 22.4 Å². The summed E-state index contributed by atoms with van der Waals surface area (Å²) in [5, 5.41) is 29.1. The number of esters is 1. The standard InChI is InChI=1S/C20H19N3O4/c1-4-9-23-12(2)16(19(24)25)17(14-8-6-5-7-13(14)10-21)18(15(23)11-22)20(26)27-3/h5-8,17H,4,9H2,1-3H3,(H,24,25). The molecule has 0 saturated heterocycles. The maximum Gasteiger partial charge on any atom is 0.337 e. The molecule has 0 aliphatic carbocycles. The van der Waals surface area contributed by atoms with Crippen LogP contribution in [0.4, 0.5) is 0 Å². The summed E-state index contributed by atoms with van der Waals surface area (Å²) >= 11 is 0. The van der Waals surface area contributed by atoms with Crippen LogP contribution in [0.15, 0.2) is 46.8 Å². The van der Waals surface area contributed by atoms with Crippen LogP contribution < -0.4 is 0 Å². The van der Waals surface area contributed by atoms with Gasteiger partial charge >= 0.3 is 11.9 Å². The minimum Gasteiger partial charge on any atom is -0.478 e. The number of nitriles is 2. The molecule has 1 aromatic rings. The third-order valence-corrected chi connectivity index (χ3v) is 4.48. The number of carbonyl (C=O) groups is 2. The van der Waals surface area contributed by atoms with E-state index in [4.69, 9.17) is 4.74 Å². The Morgan fingerprint density at radius 2 is 1.89 bits per heavy atom. The van der Waals surface area contributed by atoms with Crippen LogP contribution in [0.5, 0.6) is 0 Å². The highest BCUT2D eigenvalue weighted by atomic mass is 16.5. The van der Waals surface area contributed by atoms with Crippen molar-refractivity contribution in [2.75, 3.05) is 13.7 Å². The average Bonchev–Trinajstić information content (AvgIpc) is 2.67. The van der Waals surface area contributed by atoms with Crippen LogP contribution in [0.3, 0.4) is 0 Å². The molecule has 1 unspecified atom stereocenters. The van der Waals surface area contributed by atoms with Crippen molar-refractivity contribution in [3.8, 4) is 12.1 Å². The Hall–Kier alpha value is -3.58. The number of ether oxygens (including phenoxy) is 1. The van der Waals surface area contributed by atoms with Crippen LogP contribution in [0, 0.1) is 22.7 Å². The maximum absolute atomic E-state index is 12.6. The van der Waals surface area contributed by atoms with Gasteiger partial charge in [0, 0.05) is 12.2 Å². The third kappa shape index (κ3) is 3.40. The minimum absolute atomic E-state index is 0.0453. The highest BCUT2D eigenvalue weighted by molar-refractivity contribution is 6.00. The Labute approximate surface area is 157 Å². The largest absolute Gasteiger partial charge is 0.478 e. The monoisotopic (exact) mass is 365 g/mol. The zero-order valence-electron chi connectivity index (χ0n) is 15.3. The van der Waals surface area contributed by atoms with Crippen molar-refractivity contribution < 1.29 is 19.4 Å². The number of carboxylic acid groups (broad SMARTS) is 1. The number of hydrogen-bond acceptors (Lipinski definition) is 6. The summed E-state index contributed by atoms with van der Waals surface area (Å²) in [5.41, 5.74) is 0.873. The van der Waals surface area contributed by atoms with Crippen molar-refractivity contribution in [2.45, 2.75) is 26.2 Å². The van der Waals surface area contributed by atoms with E-state index in [9.17, 15) is 25.2 Å². The number of allylic oxidation sites excluding steroid dienone is 2. The van der Waals surface area contributed by atoms with Gasteiger partial charge in [-0.1, -0.05) is 25.1 Å². The van der Waals surface area contributed by atoms with Crippen LogP contribution in [-0.2, 0) is 14.3 Å². The Balaban J connectivity index is 2.93. The molecule has 138 valence electrons. The van der Waals surface area contributed by atoms with Gasteiger partial charge in [0.15, 0.2) is 0 Å². The first kappa shape index (κ1) is 19.7. The van der Waals surface area contributed by atoms with Crippen LogP contribution in [0.2, 0.25) is 0 Å². The lowest BCUT2D eigenvalue weighted by Crippen LogP contribution is -2.35. The summed E-state index contributed by atoms with van der Waals surface area (Å²) in [6.07, 6.45) is 0.642. The fourth-order valence-electron chi connectivity index (χ4n) is 3.34. The topological polar surface area (TPSA) is 114 Å². The van der Waals surface area contributed by atoms with Gasteiger partial charge < -0.3 is 14.7 Å². The van der Waals surface area contributed by atoms with E-state index in [0.717, 1.165) is 0 Å². The summed E-state index contributed by atoms with van der Waals surface area (Å²) in [5.74, 6) is -3.09. The lowest BCUT2D eigenvalue weighted by Gasteiger charge is -2.36. The van der Waals surface area contributed by atoms with Crippen molar-refractivity contribution in [1.82, 2.24) is 4.90 Å². The van der Waals surface area contributed by atoms with Gasteiger partial charge in [0.1, 0.15) is 11.8 Å². The predicted molar refractivity (Wildman–Crippen MR) is 95.9 cm³/mol. The van der Waals surface area contributed by atoms with E-state index < -0.39 is 17.9 Å². The number of rotatable bonds is 5. The van der Waals surface area contributed by atoms with Crippen molar-refractivity contribution >= 4 is 11.9 Å². The molecule has 7 heteroatoms. The van der Waals surface area contributed by atoms with Gasteiger partial charge in [0.25, 0.3) is 0 Å². The molecular weight excluding hydrogens is 346 g/mol. The Morgan fingerprint density at radius 3 is 2.41 bits per heavy atom. The fourth-order valence-corrected chi connectivity index (χ4v) is 3.34. The molecule has 0 saturated carbocycles. The second-order valence-electron chi connectivity index (χ2n) is 5.95. The van der Waals surface area contributed by atoms with E-state index in [0.29, 0.717) is 24.2 Å². The van der Waals surface area contributed by atoms with E-state index in [1.165, 1.54) is 12.0 Å². The van der Waals surface area contributed by atoms with Crippen molar-refractivity contribution in [1.29, 1.82) is 10.5 Å². The summed E-state index contributed by atoms with van der Waals surface area (Å²) < 4.78 is 4.86. The third-order valence-electron chi connectivity index (χ3n) is 4.48. The van der Waals surface area contributed by atoms with Crippen molar-refractivity contribution in [2.24, 2.45) is 0 Å².